The number of aliphatic hydroxyl groups excluding tert-OH is 1. The van der Waals surface area contributed by atoms with Gasteiger partial charge in [-0.25, -0.2) is 13.1 Å². The SMILES string of the molecule is Cc1cc(C)c(S(=O)(=O)NCC[N+](C)(C)CCCCCCCCCCCCO)c(C)c1. The zero-order chi connectivity index (χ0) is 23.3. The van der Waals surface area contributed by atoms with Gasteiger partial charge in [0.1, 0.15) is 0 Å². The van der Waals surface area contributed by atoms with E-state index in [0.717, 1.165) is 47.1 Å². The number of rotatable bonds is 17. The number of hydrogen-bond donors (Lipinski definition) is 2. The lowest BCUT2D eigenvalue weighted by Gasteiger charge is -2.30. The summed E-state index contributed by atoms with van der Waals surface area (Å²) in [6.45, 7) is 8.37. The van der Waals surface area contributed by atoms with Crippen molar-refractivity contribution in [3.63, 3.8) is 0 Å². The third kappa shape index (κ3) is 11.5. The van der Waals surface area contributed by atoms with Gasteiger partial charge in [-0.05, 0) is 51.2 Å². The lowest BCUT2D eigenvalue weighted by Crippen LogP contribution is -2.46. The van der Waals surface area contributed by atoms with Gasteiger partial charge in [0.25, 0.3) is 0 Å². The van der Waals surface area contributed by atoms with Crippen molar-refractivity contribution in [2.24, 2.45) is 0 Å². The van der Waals surface area contributed by atoms with Crippen LogP contribution in [0.25, 0.3) is 0 Å². The molecule has 0 bridgehead atoms. The van der Waals surface area contributed by atoms with Crippen molar-refractivity contribution in [3.05, 3.63) is 28.8 Å². The average Bonchev–Trinajstić information content (AvgIpc) is 2.64. The van der Waals surface area contributed by atoms with Crippen LogP contribution in [0.15, 0.2) is 17.0 Å². The highest BCUT2D eigenvalue weighted by atomic mass is 32.2. The molecular weight excluding hydrogens is 408 g/mol. The summed E-state index contributed by atoms with van der Waals surface area (Å²) >= 11 is 0. The molecular formula is C25H47N2O3S+. The zero-order valence-electron chi connectivity index (χ0n) is 20.7. The Bertz CT molecular complexity index is 722. The van der Waals surface area contributed by atoms with E-state index < -0.39 is 10.0 Å². The molecule has 0 saturated carbocycles. The molecule has 0 aliphatic heterocycles. The molecule has 0 unspecified atom stereocenters. The smallest absolute Gasteiger partial charge is 0.241 e. The van der Waals surface area contributed by atoms with Gasteiger partial charge in [0, 0.05) is 6.61 Å². The fourth-order valence-electron chi connectivity index (χ4n) is 4.32. The second kappa shape index (κ2) is 14.2. The van der Waals surface area contributed by atoms with Gasteiger partial charge in [0.2, 0.25) is 10.0 Å². The van der Waals surface area contributed by atoms with Gasteiger partial charge in [-0.2, -0.15) is 0 Å². The van der Waals surface area contributed by atoms with Crippen molar-refractivity contribution < 1.29 is 18.0 Å². The Labute approximate surface area is 191 Å². The topological polar surface area (TPSA) is 66.4 Å². The minimum Gasteiger partial charge on any atom is -0.396 e. The monoisotopic (exact) mass is 455 g/mol. The number of quaternary nitrogens is 1. The second-order valence-electron chi connectivity index (χ2n) is 9.77. The zero-order valence-corrected chi connectivity index (χ0v) is 21.5. The van der Waals surface area contributed by atoms with Crippen LogP contribution in [0.5, 0.6) is 0 Å². The Morgan fingerprint density at radius 1 is 0.774 bits per heavy atom. The van der Waals surface area contributed by atoms with Crippen molar-refractivity contribution in [2.45, 2.75) is 89.9 Å². The normalized spacial score (nSPS) is 12.5. The van der Waals surface area contributed by atoms with Crippen molar-refractivity contribution in [1.29, 1.82) is 0 Å². The average molecular weight is 456 g/mol. The predicted octanol–water partition coefficient (Wildman–Crippen LogP) is 4.86. The maximum atomic E-state index is 12.8. The molecule has 5 nitrogen and oxygen atoms in total. The van der Waals surface area contributed by atoms with Gasteiger partial charge in [-0.15, -0.1) is 0 Å². The summed E-state index contributed by atoms with van der Waals surface area (Å²) in [7, 11) is 0.888. The number of aryl methyl sites for hydroxylation is 3. The van der Waals surface area contributed by atoms with Crippen LogP contribution in [0, 0.1) is 20.8 Å². The number of nitrogens with zero attached hydrogens (tertiary/aromatic N) is 1. The second-order valence-corrected chi connectivity index (χ2v) is 11.5. The highest BCUT2D eigenvalue weighted by molar-refractivity contribution is 7.89. The van der Waals surface area contributed by atoms with Crippen LogP contribution in [0.4, 0.5) is 0 Å². The van der Waals surface area contributed by atoms with Gasteiger partial charge < -0.3 is 9.59 Å². The predicted molar refractivity (Wildman–Crippen MR) is 131 cm³/mol. The van der Waals surface area contributed by atoms with Crippen molar-refractivity contribution in [1.82, 2.24) is 4.72 Å². The summed E-state index contributed by atoms with van der Waals surface area (Å²) in [6, 6.07) is 3.86. The molecule has 0 aliphatic rings. The lowest BCUT2D eigenvalue weighted by atomic mass is 10.1. The van der Waals surface area contributed by atoms with E-state index in [-0.39, 0.29) is 0 Å². The molecule has 31 heavy (non-hydrogen) atoms. The molecule has 0 atom stereocenters. The fraction of sp³-hybridized carbons (Fsp3) is 0.760. The number of sulfonamides is 1. The Morgan fingerprint density at radius 3 is 1.71 bits per heavy atom. The van der Waals surface area contributed by atoms with Crippen LogP contribution in [-0.2, 0) is 10.0 Å². The van der Waals surface area contributed by atoms with Gasteiger partial charge in [0.15, 0.2) is 0 Å². The Hall–Kier alpha value is -0.950. The molecule has 6 heteroatoms. The molecule has 2 N–H and O–H groups in total. The quantitative estimate of drug-likeness (QED) is 0.260. The highest BCUT2D eigenvalue weighted by Crippen LogP contribution is 2.21. The largest absolute Gasteiger partial charge is 0.396 e. The van der Waals surface area contributed by atoms with E-state index in [0.29, 0.717) is 18.0 Å². The van der Waals surface area contributed by atoms with E-state index in [4.69, 9.17) is 5.11 Å². The summed E-state index contributed by atoms with van der Waals surface area (Å²) in [5.41, 5.74) is 2.71. The van der Waals surface area contributed by atoms with Gasteiger partial charge in [-0.1, -0.05) is 62.6 Å². The van der Waals surface area contributed by atoms with Crippen LogP contribution in [-0.4, -0.2) is 58.3 Å². The van der Waals surface area contributed by atoms with Crippen molar-refractivity contribution >= 4 is 10.0 Å². The minimum atomic E-state index is -3.48. The maximum absolute atomic E-state index is 12.8. The van der Waals surface area contributed by atoms with Gasteiger partial charge in [0.05, 0.1) is 38.6 Å². The third-order valence-electron chi connectivity index (χ3n) is 6.05. The number of nitrogens with one attached hydrogen (secondary N) is 1. The molecule has 0 aromatic heterocycles. The summed E-state index contributed by atoms with van der Waals surface area (Å²) in [5.74, 6) is 0. The van der Waals surface area contributed by atoms with Gasteiger partial charge >= 0.3 is 0 Å². The van der Waals surface area contributed by atoms with Crippen molar-refractivity contribution in [2.75, 3.05) is 40.3 Å². The molecule has 0 fully saturated rings. The fourth-order valence-corrected chi connectivity index (χ4v) is 5.79. The van der Waals surface area contributed by atoms with Crippen LogP contribution in [0.1, 0.15) is 80.9 Å². The summed E-state index contributed by atoms with van der Waals surface area (Å²) in [5, 5.41) is 8.77. The van der Waals surface area contributed by atoms with E-state index >= 15 is 0 Å². The van der Waals surface area contributed by atoms with Crippen LogP contribution in [0.3, 0.4) is 0 Å². The first-order chi connectivity index (χ1) is 14.6. The van der Waals surface area contributed by atoms with Crippen LogP contribution >= 0.6 is 0 Å². The Kier molecular flexibility index (Phi) is 12.9. The molecule has 1 aromatic carbocycles. The van der Waals surface area contributed by atoms with E-state index in [1.807, 2.05) is 32.9 Å². The Balaban J connectivity index is 2.24. The Morgan fingerprint density at radius 2 is 1.23 bits per heavy atom. The summed E-state index contributed by atoms with van der Waals surface area (Å²) < 4.78 is 29.3. The molecule has 0 heterocycles. The van der Waals surface area contributed by atoms with E-state index in [9.17, 15) is 8.42 Å². The number of hydrogen-bond acceptors (Lipinski definition) is 3. The molecule has 0 radical (unpaired) electrons. The molecule has 0 aliphatic carbocycles. The van der Waals surface area contributed by atoms with Crippen molar-refractivity contribution in [3.8, 4) is 0 Å². The van der Waals surface area contributed by atoms with E-state index in [1.54, 1.807) is 0 Å². The molecule has 1 rings (SSSR count). The van der Waals surface area contributed by atoms with Crippen LogP contribution in [0.2, 0.25) is 0 Å². The first kappa shape index (κ1) is 28.1. The van der Waals surface area contributed by atoms with E-state index in [2.05, 4.69) is 18.8 Å². The summed E-state index contributed by atoms with van der Waals surface area (Å²) in [6.07, 6.45) is 12.3. The minimum absolute atomic E-state index is 0.326. The molecule has 180 valence electrons. The van der Waals surface area contributed by atoms with Gasteiger partial charge in [-0.3, -0.25) is 0 Å². The number of unbranched alkanes of at least 4 members (excludes halogenated alkanes) is 9. The lowest BCUT2D eigenvalue weighted by molar-refractivity contribution is -0.889. The molecule has 0 spiro atoms. The summed E-state index contributed by atoms with van der Waals surface area (Å²) in [4.78, 5) is 0.428. The molecule has 0 saturated heterocycles. The number of likely N-dealkylation sites (N-methyl/N-ethyl adjacent to an activating group) is 1. The highest BCUT2D eigenvalue weighted by Gasteiger charge is 2.21. The number of benzene rings is 1. The first-order valence-electron chi connectivity index (χ1n) is 12.1. The number of aliphatic hydroxyl groups is 1. The van der Waals surface area contributed by atoms with E-state index in [1.165, 1.54) is 51.4 Å². The third-order valence-corrected chi connectivity index (χ3v) is 7.82. The van der Waals surface area contributed by atoms with Crippen LogP contribution < -0.4 is 4.72 Å². The molecule has 0 amide bonds. The molecule has 1 aromatic rings. The first-order valence-corrected chi connectivity index (χ1v) is 13.6. The standard InChI is InChI=1S/C25H47N2O3S/c1-22-20-23(2)25(24(3)21-22)31(29,30)26-16-18-27(4,5)17-14-12-10-8-6-7-9-11-13-15-19-28/h20-21,26,28H,6-19H2,1-5H3/q+1. The maximum Gasteiger partial charge on any atom is 0.241 e.